The third-order valence-electron chi connectivity index (χ3n) is 18.0. The third-order valence-corrected chi connectivity index (χ3v) is 18.0. The van der Waals surface area contributed by atoms with Gasteiger partial charge < -0.3 is 18.3 Å². The van der Waals surface area contributed by atoms with Crippen LogP contribution in [0.1, 0.15) is 0 Å². The Balaban J connectivity index is 0.981. The van der Waals surface area contributed by atoms with Crippen LogP contribution in [-0.4, -0.2) is 33.2 Å². The summed E-state index contributed by atoms with van der Waals surface area (Å²) in [5.41, 5.74) is 20.1. The maximum absolute atomic E-state index is 7.88. The van der Waals surface area contributed by atoms with E-state index in [4.69, 9.17) is 21.5 Å². The number of rotatable bonds is 9. The summed E-state index contributed by atoms with van der Waals surface area (Å²) < 4.78 is 9.77. The first kappa shape index (κ1) is 50.8. The van der Waals surface area contributed by atoms with Crippen molar-refractivity contribution < 1.29 is 0 Å². The van der Waals surface area contributed by atoms with Crippen molar-refractivity contribution in [2.45, 2.75) is 0 Å². The highest BCUT2D eigenvalue weighted by atomic mass is 15.0. The molecule has 0 amide bonds. The van der Waals surface area contributed by atoms with Gasteiger partial charge >= 0.3 is 0 Å². The van der Waals surface area contributed by atoms with Gasteiger partial charge in [0.25, 0.3) is 0 Å². The zero-order valence-corrected chi connectivity index (χ0v) is 48.4. The van der Waals surface area contributed by atoms with Crippen molar-refractivity contribution in [1.82, 2.24) is 33.2 Å². The number of hydrogen-bond acceptors (Lipinski definition) is 3. The Morgan fingerprint density at radius 2 is 0.600 bits per heavy atom. The highest BCUT2D eigenvalue weighted by molar-refractivity contribution is 6.21. The maximum Gasteiger partial charge on any atom is 0.187 e. The van der Waals surface area contributed by atoms with Crippen molar-refractivity contribution in [3.63, 3.8) is 0 Å². The lowest BCUT2D eigenvalue weighted by Crippen LogP contribution is -2.04. The van der Waals surface area contributed by atoms with Crippen LogP contribution in [0.5, 0.6) is 0 Å². The van der Waals surface area contributed by atoms with Gasteiger partial charge in [-0.05, 0) is 108 Å². The first-order valence-electron chi connectivity index (χ1n) is 30.3. The fourth-order valence-corrected chi connectivity index (χ4v) is 14.0. The molecule has 0 bridgehead atoms. The summed E-state index contributed by atoms with van der Waals surface area (Å²) >= 11 is 0. The smallest absolute Gasteiger partial charge is 0.187 e. The van der Waals surface area contributed by atoms with Crippen LogP contribution in [0.3, 0.4) is 0 Å². The van der Waals surface area contributed by atoms with Crippen molar-refractivity contribution in [3.8, 4) is 79.2 Å². The monoisotopic (exact) mass is 1150 g/mol. The summed E-state index contributed by atoms with van der Waals surface area (Å²) in [4.78, 5) is 19.7. The van der Waals surface area contributed by atoms with E-state index in [2.05, 4.69) is 278 Å². The molecule has 0 aliphatic carbocycles. The first-order valence-corrected chi connectivity index (χ1v) is 30.3. The molecule has 8 heteroatoms. The third kappa shape index (κ3) is 7.97. The van der Waals surface area contributed by atoms with Crippen LogP contribution in [0, 0.1) is 6.57 Å². The summed E-state index contributed by atoms with van der Waals surface area (Å²) in [6.07, 6.45) is 0. The molecule has 0 aliphatic rings. The molecule has 0 N–H and O–H groups in total. The molecule has 0 spiro atoms. The molecule has 90 heavy (non-hydrogen) atoms. The van der Waals surface area contributed by atoms with Crippen LogP contribution in [0.25, 0.3) is 171 Å². The predicted molar refractivity (Wildman–Crippen MR) is 371 cm³/mol. The zero-order chi connectivity index (χ0) is 59.4. The number of fused-ring (bicyclic) bond motifs is 12. The zero-order valence-electron chi connectivity index (χ0n) is 48.4. The summed E-state index contributed by atoms with van der Waals surface area (Å²) in [7, 11) is 0. The minimum absolute atomic E-state index is 0.554. The van der Waals surface area contributed by atoms with E-state index in [1.165, 1.54) is 21.5 Å². The van der Waals surface area contributed by atoms with Crippen molar-refractivity contribution in [2.75, 3.05) is 0 Å². The van der Waals surface area contributed by atoms with Crippen LogP contribution in [0.2, 0.25) is 0 Å². The summed E-state index contributed by atoms with van der Waals surface area (Å²) in [6, 6.07) is 108. The van der Waals surface area contributed by atoms with Gasteiger partial charge in [-0.2, -0.15) is 0 Å². The van der Waals surface area contributed by atoms with Crippen LogP contribution in [0.15, 0.2) is 303 Å². The van der Waals surface area contributed by atoms with Crippen molar-refractivity contribution in [3.05, 3.63) is 315 Å². The van der Waals surface area contributed by atoms with E-state index >= 15 is 0 Å². The Hall–Kier alpha value is -12.4. The molecule has 18 rings (SSSR count). The average molecular weight is 1150 g/mol. The standard InChI is InChI=1S/C82H50N8/c1-83-57-42-38-52(39-43-57)55-40-44-64(75(47-55)90-73-37-21-17-33-63(73)69-49-67-61-31-15-19-35-71(61)88(77(67)51-79(69)90)59-28-12-5-13-29-59)65-46-56(82-85-80(53-22-6-2-7-23-53)84-81(86-82)54-24-8-3-9-25-54)41-45-74(65)89-72-36-20-16-32-62(72)68-48-66-60-30-14-18-34-70(60)87(76(66)50-78(68)89)58-26-10-4-11-27-58/h2-51H. The molecule has 13 aromatic carbocycles. The van der Waals surface area contributed by atoms with E-state index in [1.807, 2.05) is 48.5 Å². The molecule has 0 aliphatic heterocycles. The molecule has 418 valence electrons. The van der Waals surface area contributed by atoms with Crippen molar-refractivity contribution in [1.29, 1.82) is 0 Å². The number of aromatic nitrogens is 7. The van der Waals surface area contributed by atoms with Gasteiger partial charge in [-0.1, -0.05) is 206 Å². The molecule has 0 radical (unpaired) electrons. The number of nitrogens with zero attached hydrogens (tertiary/aromatic N) is 8. The van der Waals surface area contributed by atoms with E-state index in [0.717, 1.165) is 127 Å². The minimum atomic E-state index is 0.554. The molecule has 0 saturated heterocycles. The molecule has 0 saturated carbocycles. The number of benzene rings is 13. The topological polar surface area (TPSA) is 62.8 Å². The fourth-order valence-electron chi connectivity index (χ4n) is 14.0. The maximum atomic E-state index is 7.88. The SMILES string of the molecule is [C-]#[N+]c1ccc(-c2ccc(-c3cc(-c4nc(-c5ccccc5)nc(-c5ccccc5)n4)ccc3-n3c4ccccc4c4cc5c6ccccc6n(-c6ccccc6)c5cc43)c(-n3c4ccccc4c4cc5c6ccccc6n(-c6ccccc6)c5cc43)c2)cc1. The molecule has 8 nitrogen and oxygen atoms in total. The quantitative estimate of drug-likeness (QED) is 0.135. The number of para-hydroxylation sites is 6. The van der Waals surface area contributed by atoms with E-state index in [0.29, 0.717) is 23.2 Å². The van der Waals surface area contributed by atoms with Gasteiger partial charge in [0.15, 0.2) is 23.2 Å². The molecule has 18 aromatic rings. The average Bonchev–Trinajstić information content (AvgIpc) is 1.61. The van der Waals surface area contributed by atoms with Gasteiger partial charge in [-0.3, -0.25) is 0 Å². The minimum Gasteiger partial charge on any atom is -0.309 e. The van der Waals surface area contributed by atoms with Gasteiger partial charge in [0.05, 0.1) is 62.1 Å². The molecule has 0 unspecified atom stereocenters. The lowest BCUT2D eigenvalue weighted by molar-refractivity contribution is 1.07. The first-order chi connectivity index (χ1) is 44.6. The van der Waals surface area contributed by atoms with E-state index < -0.39 is 0 Å². The lowest BCUT2D eigenvalue weighted by Gasteiger charge is -2.21. The Labute approximate surface area is 517 Å². The van der Waals surface area contributed by atoms with Gasteiger partial charge in [0.2, 0.25) is 0 Å². The van der Waals surface area contributed by atoms with Gasteiger partial charge in [-0.15, -0.1) is 0 Å². The van der Waals surface area contributed by atoms with E-state index in [-0.39, 0.29) is 0 Å². The van der Waals surface area contributed by atoms with E-state index in [1.54, 1.807) is 0 Å². The molecule has 5 aromatic heterocycles. The summed E-state index contributed by atoms with van der Waals surface area (Å²) in [5, 5.41) is 9.35. The molecular formula is C82H50N8. The number of hydrogen-bond donors (Lipinski definition) is 0. The normalized spacial score (nSPS) is 11.8. The molecule has 0 atom stereocenters. The van der Waals surface area contributed by atoms with Gasteiger partial charge in [-0.25, -0.2) is 19.8 Å². The second-order valence-corrected chi connectivity index (χ2v) is 23.0. The predicted octanol–water partition coefficient (Wildman–Crippen LogP) is 21.1. The molecule has 5 heterocycles. The van der Waals surface area contributed by atoms with Crippen LogP contribution >= 0.6 is 0 Å². The summed E-state index contributed by atoms with van der Waals surface area (Å²) in [5.74, 6) is 1.73. The molecular weight excluding hydrogens is 1100 g/mol. The van der Waals surface area contributed by atoms with Crippen molar-refractivity contribution >= 4 is 92.9 Å². The largest absolute Gasteiger partial charge is 0.309 e. The fraction of sp³-hybridized carbons (Fsp3) is 0. The Morgan fingerprint density at radius 3 is 1.06 bits per heavy atom. The van der Waals surface area contributed by atoms with E-state index in [9.17, 15) is 0 Å². The highest BCUT2D eigenvalue weighted by Gasteiger charge is 2.26. The second kappa shape index (κ2) is 20.3. The van der Waals surface area contributed by atoms with Gasteiger partial charge in [0, 0.05) is 82.3 Å². The molecule has 0 fully saturated rings. The van der Waals surface area contributed by atoms with Gasteiger partial charge in [0.1, 0.15) is 0 Å². The van der Waals surface area contributed by atoms with Crippen molar-refractivity contribution in [2.24, 2.45) is 0 Å². The summed E-state index contributed by atoms with van der Waals surface area (Å²) in [6.45, 7) is 7.88. The highest BCUT2D eigenvalue weighted by Crippen LogP contribution is 2.47. The van der Waals surface area contributed by atoms with Crippen LogP contribution < -0.4 is 0 Å². The Kier molecular flexibility index (Phi) is 11.5. The Bertz CT molecular complexity index is 5890. The van der Waals surface area contributed by atoms with Crippen LogP contribution in [-0.2, 0) is 0 Å². The van der Waals surface area contributed by atoms with Crippen LogP contribution in [0.4, 0.5) is 5.69 Å². The Morgan fingerprint density at radius 1 is 0.233 bits per heavy atom. The lowest BCUT2D eigenvalue weighted by atomic mass is 9.94. The second-order valence-electron chi connectivity index (χ2n) is 23.0.